The lowest BCUT2D eigenvalue weighted by atomic mass is 10.1. The molecule has 0 bridgehead atoms. The SMILES string of the molecule is O=C(CN1CCOCC1)N1CCC[C@@H]1c1cncc(Oc2ccc(F)cc2)n1. The number of likely N-dealkylation sites (tertiary alicyclic amines) is 1. The molecule has 1 aromatic carbocycles. The molecule has 2 saturated heterocycles. The zero-order valence-electron chi connectivity index (χ0n) is 15.6. The number of nitrogens with zero attached hydrogens (tertiary/aromatic N) is 4. The molecule has 1 amide bonds. The number of halogens is 1. The van der Waals surface area contributed by atoms with Crippen LogP contribution in [0.4, 0.5) is 4.39 Å². The van der Waals surface area contributed by atoms with Crippen LogP contribution in [0.15, 0.2) is 36.7 Å². The molecule has 0 spiro atoms. The number of ether oxygens (including phenoxy) is 2. The van der Waals surface area contributed by atoms with Crippen molar-refractivity contribution in [3.63, 3.8) is 0 Å². The first-order valence-corrected chi connectivity index (χ1v) is 9.54. The highest BCUT2D eigenvalue weighted by atomic mass is 19.1. The van der Waals surface area contributed by atoms with Crippen LogP contribution in [0.25, 0.3) is 0 Å². The van der Waals surface area contributed by atoms with E-state index in [0.29, 0.717) is 37.1 Å². The fourth-order valence-corrected chi connectivity index (χ4v) is 3.61. The molecule has 2 aliphatic heterocycles. The van der Waals surface area contributed by atoms with Gasteiger partial charge in [0.25, 0.3) is 0 Å². The van der Waals surface area contributed by atoms with Crippen LogP contribution in [0.2, 0.25) is 0 Å². The standard InChI is InChI=1S/C20H23FN4O3/c21-15-3-5-16(6-4-15)28-19-13-22-12-17(23-19)18-2-1-7-25(18)20(26)14-24-8-10-27-11-9-24/h3-6,12-13,18H,1-2,7-11,14H2/t18-/m1/s1. The summed E-state index contributed by atoms with van der Waals surface area (Å²) in [6.45, 7) is 4.03. The molecule has 0 aliphatic carbocycles. The molecule has 0 N–H and O–H groups in total. The molecule has 28 heavy (non-hydrogen) atoms. The Kier molecular flexibility index (Phi) is 5.78. The van der Waals surface area contributed by atoms with Crippen molar-refractivity contribution in [3.05, 3.63) is 48.2 Å². The molecule has 4 rings (SSSR count). The van der Waals surface area contributed by atoms with Crippen LogP contribution in [0.5, 0.6) is 11.6 Å². The first kappa shape index (κ1) is 18.8. The van der Waals surface area contributed by atoms with Gasteiger partial charge in [0.1, 0.15) is 11.6 Å². The number of hydrogen-bond donors (Lipinski definition) is 0. The predicted molar refractivity (Wildman–Crippen MR) is 99.5 cm³/mol. The maximum Gasteiger partial charge on any atom is 0.238 e. The molecule has 8 heteroatoms. The minimum absolute atomic E-state index is 0.0993. The number of carbonyl (C=O) groups excluding carboxylic acids is 1. The van der Waals surface area contributed by atoms with Crippen molar-refractivity contribution in [2.24, 2.45) is 0 Å². The van der Waals surface area contributed by atoms with Gasteiger partial charge < -0.3 is 14.4 Å². The monoisotopic (exact) mass is 386 g/mol. The number of hydrogen-bond acceptors (Lipinski definition) is 6. The summed E-state index contributed by atoms with van der Waals surface area (Å²) < 4.78 is 24.1. The normalized spacial score (nSPS) is 20.3. The summed E-state index contributed by atoms with van der Waals surface area (Å²) in [7, 11) is 0. The van der Waals surface area contributed by atoms with Crippen LogP contribution in [0.1, 0.15) is 24.6 Å². The minimum Gasteiger partial charge on any atom is -0.437 e. The second kappa shape index (κ2) is 8.62. The summed E-state index contributed by atoms with van der Waals surface area (Å²) in [5, 5.41) is 0. The number of carbonyl (C=O) groups is 1. The Morgan fingerprint density at radius 1 is 1.18 bits per heavy atom. The molecule has 2 aromatic rings. The summed E-state index contributed by atoms with van der Waals surface area (Å²) in [6, 6.07) is 5.64. The Hall–Kier alpha value is -2.58. The van der Waals surface area contributed by atoms with Crippen LogP contribution in [-0.2, 0) is 9.53 Å². The number of aromatic nitrogens is 2. The summed E-state index contributed by atoms with van der Waals surface area (Å²) >= 11 is 0. The molecule has 148 valence electrons. The highest BCUT2D eigenvalue weighted by Crippen LogP contribution is 2.32. The molecule has 1 atom stereocenters. The lowest BCUT2D eigenvalue weighted by Crippen LogP contribution is -2.44. The van der Waals surface area contributed by atoms with Crippen LogP contribution >= 0.6 is 0 Å². The van der Waals surface area contributed by atoms with E-state index in [9.17, 15) is 9.18 Å². The Balaban J connectivity index is 1.44. The van der Waals surface area contributed by atoms with Gasteiger partial charge in [-0.2, -0.15) is 0 Å². The van der Waals surface area contributed by atoms with Crippen molar-refractivity contribution >= 4 is 5.91 Å². The van der Waals surface area contributed by atoms with Crippen molar-refractivity contribution in [1.29, 1.82) is 0 Å². The van der Waals surface area contributed by atoms with Gasteiger partial charge in [0.2, 0.25) is 11.8 Å². The van der Waals surface area contributed by atoms with Crippen molar-refractivity contribution in [3.8, 4) is 11.6 Å². The van der Waals surface area contributed by atoms with Crippen LogP contribution < -0.4 is 4.74 Å². The molecule has 7 nitrogen and oxygen atoms in total. The third-order valence-electron chi connectivity index (χ3n) is 5.04. The second-order valence-electron chi connectivity index (χ2n) is 6.97. The maximum atomic E-state index is 13.0. The molecule has 0 saturated carbocycles. The van der Waals surface area contributed by atoms with Gasteiger partial charge in [-0.25, -0.2) is 9.37 Å². The maximum absolute atomic E-state index is 13.0. The summed E-state index contributed by atoms with van der Waals surface area (Å²) in [5.74, 6) is 0.597. The zero-order chi connectivity index (χ0) is 19.3. The average molecular weight is 386 g/mol. The van der Waals surface area contributed by atoms with E-state index >= 15 is 0 Å². The van der Waals surface area contributed by atoms with E-state index < -0.39 is 0 Å². The Bertz CT molecular complexity index is 811. The van der Waals surface area contributed by atoms with Crippen molar-refractivity contribution < 1.29 is 18.7 Å². The van der Waals surface area contributed by atoms with E-state index in [1.165, 1.54) is 30.5 Å². The zero-order valence-corrected chi connectivity index (χ0v) is 15.6. The van der Waals surface area contributed by atoms with Gasteiger partial charge in [-0.3, -0.25) is 14.7 Å². The lowest BCUT2D eigenvalue weighted by Gasteiger charge is -2.30. The summed E-state index contributed by atoms with van der Waals surface area (Å²) in [5.41, 5.74) is 0.715. The third-order valence-corrected chi connectivity index (χ3v) is 5.04. The average Bonchev–Trinajstić information content (AvgIpc) is 3.21. The van der Waals surface area contributed by atoms with E-state index in [4.69, 9.17) is 9.47 Å². The number of rotatable bonds is 5. The summed E-state index contributed by atoms with van der Waals surface area (Å²) in [6.07, 6.45) is 4.98. The van der Waals surface area contributed by atoms with E-state index in [0.717, 1.165) is 32.5 Å². The van der Waals surface area contributed by atoms with Gasteiger partial charge in [-0.1, -0.05) is 0 Å². The van der Waals surface area contributed by atoms with Crippen LogP contribution in [0, 0.1) is 5.82 Å². The van der Waals surface area contributed by atoms with E-state index in [2.05, 4.69) is 14.9 Å². The topological polar surface area (TPSA) is 67.8 Å². The highest BCUT2D eigenvalue weighted by Gasteiger charge is 2.32. The van der Waals surface area contributed by atoms with Gasteiger partial charge in [0.15, 0.2) is 0 Å². The number of amides is 1. The molecular formula is C20H23FN4O3. The molecular weight excluding hydrogens is 363 g/mol. The molecule has 2 fully saturated rings. The minimum atomic E-state index is -0.326. The van der Waals surface area contributed by atoms with Gasteiger partial charge >= 0.3 is 0 Å². The first-order valence-electron chi connectivity index (χ1n) is 9.54. The molecule has 0 unspecified atom stereocenters. The molecule has 3 heterocycles. The fourth-order valence-electron chi connectivity index (χ4n) is 3.61. The Morgan fingerprint density at radius 3 is 2.75 bits per heavy atom. The van der Waals surface area contributed by atoms with E-state index in [-0.39, 0.29) is 17.8 Å². The van der Waals surface area contributed by atoms with E-state index in [1.807, 2.05) is 4.90 Å². The van der Waals surface area contributed by atoms with Gasteiger partial charge in [0, 0.05) is 19.6 Å². The van der Waals surface area contributed by atoms with Crippen molar-refractivity contribution in [2.45, 2.75) is 18.9 Å². The highest BCUT2D eigenvalue weighted by molar-refractivity contribution is 5.79. The fraction of sp³-hybridized carbons (Fsp3) is 0.450. The summed E-state index contributed by atoms with van der Waals surface area (Å²) in [4.78, 5) is 25.6. The quantitative estimate of drug-likeness (QED) is 0.786. The Labute approximate surface area is 163 Å². The largest absolute Gasteiger partial charge is 0.437 e. The first-order chi connectivity index (χ1) is 13.7. The third kappa shape index (κ3) is 4.45. The molecule has 1 aromatic heterocycles. The molecule has 0 radical (unpaired) electrons. The van der Waals surface area contributed by atoms with E-state index in [1.54, 1.807) is 6.20 Å². The van der Waals surface area contributed by atoms with Gasteiger partial charge in [0.05, 0.1) is 43.9 Å². The molecule has 2 aliphatic rings. The van der Waals surface area contributed by atoms with Crippen LogP contribution in [-0.4, -0.2) is 65.1 Å². The van der Waals surface area contributed by atoms with Crippen LogP contribution in [0.3, 0.4) is 0 Å². The van der Waals surface area contributed by atoms with Crippen molar-refractivity contribution in [1.82, 2.24) is 19.8 Å². The second-order valence-corrected chi connectivity index (χ2v) is 6.97. The smallest absolute Gasteiger partial charge is 0.238 e. The van der Waals surface area contributed by atoms with Gasteiger partial charge in [-0.15, -0.1) is 0 Å². The predicted octanol–water partition coefficient (Wildman–Crippen LogP) is 2.40. The Morgan fingerprint density at radius 2 is 1.96 bits per heavy atom. The number of morpholine rings is 1. The number of benzene rings is 1. The van der Waals surface area contributed by atoms with Crippen molar-refractivity contribution in [2.75, 3.05) is 39.4 Å². The van der Waals surface area contributed by atoms with Gasteiger partial charge in [-0.05, 0) is 37.1 Å². The lowest BCUT2D eigenvalue weighted by molar-refractivity contribution is -0.134.